The van der Waals surface area contributed by atoms with E-state index in [9.17, 15) is 9.59 Å². The molecule has 0 N–H and O–H groups in total. The van der Waals surface area contributed by atoms with Gasteiger partial charge in [0.2, 0.25) is 0 Å². The largest absolute Gasteiger partial charge is 0.286 e. The number of carbonyl (C=O) groups excluding carboxylic acids is 2. The summed E-state index contributed by atoms with van der Waals surface area (Å²) in [6, 6.07) is 16.8. The SMILES string of the molecule is O=C1Cc2ccc(Br)cc2S1.[C-]#[N+]c1ccc2c(c1)SC(=O)C2.[C-]#[N+]c1ccc2nc(Br)sc2c1. The lowest BCUT2D eigenvalue weighted by molar-refractivity contribution is -0.110. The normalized spacial score (nSPS) is 13.0. The Morgan fingerprint density at radius 1 is 0.771 bits per heavy atom. The maximum atomic E-state index is 11.0. The van der Waals surface area contributed by atoms with E-state index in [1.165, 1.54) is 23.5 Å². The number of thiazole rings is 1. The lowest BCUT2D eigenvalue weighted by Crippen LogP contribution is -1.85. The third kappa shape index (κ3) is 6.60. The molecule has 0 radical (unpaired) electrons. The van der Waals surface area contributed by atoms with Gasteiger partial charge in [0.15, 0.2) is 25.5 Å². The molecule has 1 aromatic heterocycles. The molecule has 5 nitrogen and oxygen atoms in total. The molecule has 2 aliphatic heterocycles. The average molecular weight is 643 g/mol. The zero-order valence-electron chi connectivity index (χ0n) is 17.7. The summed E-state index contributed by atoms with van der Waals surface area (Å²) in [7, 11) is 0. The Morgan fingerprint density at radius 2 is 1.34 bits per heavy atom. The van der Waals surface area contributed by atoms with Crippen LogP contribution < -0.4 is 0 Å². The third-order valence-corrected chi connectivity index (χ3v) is 8.71. The standard InChI is InChI=1S/C9H5NOS.C8H3BrN2S.C8H5BrOS/c1-10-7-3-2-6-4-9(11)12-8(6)5-7;1-10-5-2-3-6-7(4-5)12-8(9)11-6;9-6-2-1-5-3-8(10)11-7(5)4-6/h2-3,5H,4H2;2-4H;1-2,4H,3H2. The van der Waals surface area contributed by atoms with Crippen molar-refractivity contribution in [2.24, 2.45) is 0 Å². The van der Waals surface area contributed by atoms with Crippen LogP contribution in [0.25, 0.3) is 19.9 Å². The van der Waals surface area contributed by atoms with E-state index in [1.807, 2.05) is 36.4 Å². The number of hydrogen-bond acceptors (Lipinski definition) is 6. The minimum atomic E-state index is 0.173. The van der Waals surface area contributed by atoms with Gasteiger partial charge in [-0.2, -0.15) is 0 Å². The van der Waals surface area contributed by atoms with Crippen molar-refractivity contribution in [2.45, 2.75) is 22.6 Å². The maximum Gasteiger partial charge on any atom is 0.198 e. The van der Waals surface area contributed by atoms with E-state index < -0.39 is 0 Å². The molecular formula is C25H13Br2N3O2S3. The predicted octanol–water partition coefficient (Wildman–Crippen LogP) is 8.65. The lowest BCUT2D eigenvalue weighted by Gasteiger charge is -1.94. The summed E-state index contributed by atoms with van der Waals surface area (Å²) in [6.07, 6.45) is 1.10. The highest BCUT2D eigenvalue weighted by atomic mass is 79.9. The van der Waals surface area contributed by atoms with Gasteiger partial charge >= 0.3 is 0 Å². The van der Waals surface area contributed by atoms with Crippen LogP contribution in [0.4, 0.5) is 11.4 Å². The smallest absolute Gasteiger partial charge is 0.198 e. The summed E-state index contributed by atoms with van der Waals surface area (Å²) < 4.78 is 2.95. The van der Waals surface area contributed by atoms with Crippen molar-refractivity contribution in [3.8, 4) is 0 Å². The Hall–Kier alpha value is -2.47. The summed E-state index contributed by atoms with van der Waals surface area (Å²) in [6.45, 7) is 13.6. The van der Waals surface area contributed by atoms with Crippen molar-refractivity contribution in [3.05, 3.63) is 96.9 Å². The summed E-state index contributed by atoms with van der Waals surface area (Å²) in [5.74, 6) is 0. The number of nitrogens with zero attached hydrogens (tertiary/aromatic N) is 3. The molecule has 2 aliphatic rings. The van der Waals surface area contributed by atoms with Crippen LogP contribution in [0.2, 0.25) is 0 Å². The fraction of sp³-hybridized carbons (Fsp3) is 0.0800. The van der Waals surface area contributed by atoms with Gasteiger partial charge in [-0.1, -0.05) is 63.7 Å². The van der Waals surface area contributed by atoms with Crippen LogP contribution in [-0.2, 0) is 22.4 Å². The fourth-order valence-corrected chi connectivity index (χ4v) is 7.01. The Balaban J connectivity index is 0.000000124. The topological polar surface area (TPSA) is 55.8 Å². The number of hydrogen-bond donors (Lipinski definition) is 0. The Bertz CT molecular complexity index is 1550. The summed E-state index contributed by atoms with van der Waals surface area (Å²) in [5, 5.41) is 0.422. The van der Waals surface area contributed by atoms with Gasteiger partial charge in [-0.3, -0.25) is 9.59 Å². The van der Waals surface area contributed by atoms with Crippen molar-refractivity contribution in [3.63, 3.8) is 0 Å². The Morgan fingerprint density at radius 3 is 2.00 bits per heavy atom. The molecule has 35 heavy (non-hydrogen) atoms. The lowest BCUT2D eigenvalue weighted by atomic mass is 10.1. The summed E-state index contributed by atoms with van der Waals surface area (Å²) in [4.78, 5) is 34.9. The molecular weight excluding hydrogens is 630 g/mol. The first kappa shape index (κ1) is 25.6. The van der Waals surface area contributed by atoms with E-state index >= 15 is 0 Å². The van der Waals surface area contributed by atoms with Crippen LogP contribution in [0, 0.1) is 13.1 Å². The molecule has 3 aromatic carbocycles. The van der Waals surface area contributed by atoms with Gasteiger partial charge in [-0.15, -0.1) is 11.3 Å². The second kappa shape index (κ2) is 11.5. The van der Waals surface area contributed by atoms with Crippen LogP contribution in [0.3, 0.4) is 0 Å². The molecule has 172 valence electrons. The van der Waals surface area contributed by atoms with Gasteiger partial charge in [-0.25, -0.2) is 14.7 Å². The zero-order chi connectivity index (χ0) is 24.9. The second-order valence-corrected chi connectivity index (χ2v) is 12.6. The highest BCUT2D eigenvalue weighted by Gasteiger charge is 2.19. The van der Waals surface area contributed by atoms with Gasteiger partial charge < -0.3 is 0 Å². The highest BCUT2D eigenvalue weighted by molar-refractivity contribution is 9.11. The molecule has 0 aliphatic carbocycles. The fourth-order valence-electron chi connectivity index (χ4n) is 3.21. The first-order valence-electron chi connectivity index (χ1n) is 9.98. The van der Waals surface area contributed by atoms with Gasteiger partial charge in [0.1, 0.15) is 0 Å². The molecule has 0 bridgehead atoms. The van der Waals surface area contributed by atoms with E-state index in [4.69, 9.17) is 13.1 Å². The van der Waals surface area contributed by atoms with Crippen LogP contribution in [0.5, 0.6) is 0 Å². The van der Waals surface area contributed by atoms with Crippen molar-refractivity contribution < 1.29 is 9.59 Å². The molecule has 0 spiro atoms. The van der Waals surface area contributed by atoms with Crippen molar-refractivity contribution in [2.75, 3.05) is 0 Å². The minimum Gasteiger partial charge on any atom is -0.286 e. The zero-order valence-corrected chi connectivity index (χ0v) is 23.4. The van der Waals surface area contributed by atoms with Gasteiger partial charge in [0, 0.05) is 31.8 Å². The molecule has 3 heterocycles. The van der Waals surface area contributed by atoms with Crippen molar-refractivity contribution in [1.82, 2.24) is 4.98 Å². The maximum absolute atomic E-state index is 11.0. The van der Waals surface area contributed by atoms with E-state index in [1.54, 1.807) is 29.5 Å². The number of thioether (sulfide) groups is 2. The summed E-state index contributed by atoms with van der Waals surface area (Å²) in [5.41, 5.74) is 4.43. The predicted molar refractivity (Wildman–Crippen MR) is 150 cm³/mol. The van der Waals surface area contributed by atoms with Gasteiger partial charge in [0.25, 0.3) is 0 Å². The van der Waals surface area contributed by atoms with E-state index in [0.29, 0.717) is 24.2 Å². The number of rotatable bonds is 0. The molecule has 0 fully saturated rings. The second-order valence-electron chi connectivity index (χ2n) is 7.19. The van der Waals surface area contributed by atoms with Gasteiger partial charge in [-0.05, 0) is 57.4 Å². The van der Waals surface area contributed by atoms with Crippen LogP contribution in [-0.4, -0.2) is 15.2 Å². The Kier molecular flexibility index (Phi) is 8.42. The highest BCUT2D eigenvalue weighted by Crippen LogP contribution is 2.35. The third-order valence-electron chi connectivity index (χ3n) is 4.80. The van der Waals surface area contributed by atoms with Crippen LogP contribution in [0.15, 0.2) is 72.8 Å². The molecule has 0 amide bonds. The number of aromatic nitrogens is 1. The van der Waals surface area contributed by atoms with E-state index in [0.717, 1.165) is 39.5 Å². The van der Waals surface area contributed by atoms with Crippen LogP contribution >= 0.6 is 66.7 Å². The van der Waals surface area contributed by atoms with E-state index in [-0.39, 0.29) is 10.2 Å². The first-order chi connectivity index (χ1) is 16.8. The number of fused-ring (bicyclic) bond motifs is 3. The molecule has 0 unspecified atom stereocenters. The quantitative estimate of drug-likeness (QED) is 0.180. The number of carbonyl (C=O) groups is 2. The monoisotopic (exact) mass is 641 g/mol. The first-order valence-corrected chi connectivity index (χ1v) is 14.0. The molecule has 0 saturated carbocycles. The number of halogens is 2. The van der Waals surface area contributed by atoms with E-state index in [2.05, 4.69) is 46.5 Å². The molecule has 0 saturated heterocycles. The molecule has 0 atom stereocenters. The minimum absolute atomic E-state index is 0.173. The number of benzene rings is 3. The molecule has 6 rings (SSSR count). The van der Waals surface area contributed by atoms with Crippen molar-refractivity contribution >= 4 is 98.5 Å². The van der Waals surface area contributed by atoms with Gasteiger partial charge in [0.05, 0.1) is 18.7 Å². The molecule has 4 aromatic rings. The van der Waals surface area contributed by atoms with Crippen LogP contribution in [0.1, 0.15) is 11.1 Å². The van der Waals surface area contributed by atoms with Crippen molar-refractivity contribution in [1.29, 1.82) is 0 Å². The molecule has 10 heteroatoms. The summed E-state index contributed by atoms with van der Waals surface area (Å²) >= 11 is 10.8. The Labute approximate surface area is 231 Å². The average Bonchev–Trinajstić information content (AvgIpc) is 3.51.